The van der Waals surface area contributed by atoms with Crippen molar-refractivity contribution in [3.8, 4) is 0 Å². The molecule has 0 radical (unpaired) electrons. The highest BCUT2D eigenvalue weighted by Crippen LogP contribution is 2.31. The van der Waals surface area contributed by atoms with E-state index in [2.05, 4.69) is 67.7 Å². The summed E-state index contributed by atoms with van der Waals surface area (Å²) in [6.07, 6.45) is 1.12. The molecular weight excluding hydrogens is 278 g/mol. The standard InChI is InChI=1S/C17H25N3S/c1-6-7-18-16(14-9-12(4)8-13(5)10-14)17-15(11(2)3)19-20-21-17/h8-11,16,18H,6-7H2,1-5H3. The third kappa shape index (κ3) is 3.89. The first-order valence-corrected chi connectivity index (χ1v) is 8.44. The maximum Gasteiger partial charge on any atom is 0.0832 e. The minimum absolute atomic E-state index is 0.195. The summed E-state index contributed by atoms with van der Waals surface area (Å²) in [5.74, 6) is 0.399. The number of aryl methyl sites for hydroxylation is 2. The number of hydrogen-bond acceptors (Lipinski definition) is 4. The van der Waals surface area contributed by atoms with Crippen LogP contribution < -0.4 is 5.32 Å². The van der Waals surface area contributed by atoms with Crippen LogP contribution in [0.5, 0.6) is 0 Å². The molecule has 1 heterocycles. The lowest BCUT2D eigenvalue weighted by atomic mass is 9.97. The van der Waals surface area contributed by atoms with Gasteiger partial charge in [0.25, 0.3) is 0 Å². The number of hydrogen-bond donors (Lipinski definition) is 1. The molecule has 1 unspecified atom stereocenters. The van der Waals surface area contributed by atoms with E-state index in [-0.39, 0.29) is 6.04 Å². The molecule has 0 bridgehead atoms. The van der Waals surface area contributed by atoms with Gasteiger partial charge in [0.15, 0.2) is 0 Å². The molecule has 0 amide bonds. The molecule has 21 heavy (non-hydrogen) atoms. The van der Waals surface area contributed by atoms with Gasteiger partial charge >= 0.3 is 0 Å². The maximum absolute atomic E-state index is 4.34. The Morgan fingerprint density at radius 2 is 1.81 bits per heavy atom. The Kier molecular flexibility index (Phi) is 5.48. The third-order valence-corrected chi connectivity index (χ3v) is 4.33. The molecule has 0 aliphatic heterocycles. The highest BCUT2D eigenvalue weighted by molar-refractivity contribution is 7.05. The van der Waals surface area contributed by atoms with Crippen LogP contribution >= 0.6 is 11.5 Å². The minimum Gasteiger partial charge on any atom is -0.305 e. The van der Waals surface area contributed by atoms with Crippen LogP contribution in [0.1, 0.15) is 66.4 Å². The van der Waals surface area contributed by atoms with Crippen molar-refractivity contribution < 1.29 is 0 Å². The molecule has 114 valence electrons. The van der Waals surface area contributed by atoms with Crippen molar-refractivity contribution in [2.45, 2.75) is 53.0 Å². The second-order valence-electron chi connectivity index (χ2n) is 5.99. The topological polar surface area (TPSA) is 37.8 Å². The van der Waals surface area contributed by atoms with Gasteiger partial charge in [-0.15, -0.1) is 5.10 Å². The van der Waals surface area contributed by atoms with Gasteiger partial charge in [0.05, 0.1) is 16.6 Å². The predicted octanol–water partition coefficient (Wildman–Crippen LogP) is 4.37. The SMILES string of the molecule is CCCNC(c1cc(C)cc(C)c1)c1snnc1C(C)C. The van der Waals surface area contributed by atoms with Crippen molar-refractivity contribution >= 4 is 11.5 Å². The molecule has 0 saturated heterocycles. The van der Waals surface area contributed by atoms with Gasteiger partial charge in [0.1, 0.15) is 0 Å². The summed E-state index contributed by atoms with van der Waals surface area (Å²) in [6, 6.07) is 6.95. The van der Waals surface area contributed by atoms with Gasteiger partial charge in [-0.05, 0) is 49.8 Å². The van der Waals surface area contributed by atoms with E-state index in [0.29, 0.717) is 5.92 Å². The smallest absolute Gasteiger partial charge is 0.0832 e. The largest absolute Gasteiger partial charge is 0.305 e. The Balaban J connectivity index is 2.44. The average molecular weight is 303 g/mol. The summed E-state index contributed by atoms with van der Waals surface area (Å²) in [5, 5.41) is 8.01. The van der Waals surface area contributed by atoms with Gasteiger partial charge in [-0.1, -0.05) is 54.6 Å². The molecular formula is C17H25N3S. The van der Waals surface area contributed by atoms with Crippen molar-refractivity contribution in [3.05, 3.63) is 45.5 Å². The van der Waals surface area contributed by atoms with E-state index < -0.39 is 0 Å². The third-order valence-electron chi connectivity index (χ3n) is 3.53. The van der Waals surface area contributed by atoms with Crippen LogP contribution in [0.15, 0.2) is 18.2 Å². The van der Waals surface area contributed by atoms with E-state index in [9.17, 15) is 0 Å². The molecule has 3 nitrogen and oxygen atoms in total. The van der Waals surface area contributed by atoms with Gasteiger partial charge in [-0.2, -0.15) is 0 Å². The van der Waals surface area contributed by atoms with E-state index in [1.54, 1.807) is 0 Å². The van der Waals surface area contributed by atoms with Crippen molar-refractivity contribution in [2.75, 3.05) is 6.54 Å². The number of nitrogens with zero attached hydrogens (tertiary/aromatic N) is 2. The van der Waals surface area contributed by atoms with Gasteiger partial charge in [0, 0.05) is 0 Å². The lowest BCUT2D eigenvalue weighted by Gasteiger charge is -2.20. The molecule has 1 aromatic heterocycles. The Morgan fingerprint density at radius 3 is 2.38 bits per heavy atom. The number of benzene rings is 1. The quantitative estimate of drug-likeness (QED) is 0.861. The molecule has 0 aliphatic rings. The highest BCUT2D eigenvalue weighted by Gasteiger charge is 2.22. The molecule has 0 spiro atoms. The van der Waals surface area contributed by atoms with Crippen molar-refractivity contribution in [2.24, 2.45) is 0 Å². The van der Waals surface area contributed by atoms with Crippen LogP contribution in [-0.4, -0.2) is 16.1 Å². The van der Waals surface area contributed by atoms with Crippen LogP contribution in [0.2, 0.25) is 0 Å². The molecule has 1 aromatic carbocycles. The summed E-state index contributed by atoms with van der Waals surface area (Å²) < 4.78 is 4.19. The van der Waals surface area contributed by atoms with Crippen molar-refractivity contribution in [3.63, 3.8) is 0 Å². The van der Waals surface area contributed by atoms with Gasteiger partial charge in [-0.3, -0.25) is 0 Å². The lowest BCUT2D eigenvalue weighted by Crippen LogP contribution is -2.23. The number of rotatable bonds is 6. The average Bonchev–Trinajstić information content (AvgIpc) is 2.87. The first kappa shape index (κ1) is 16.1. The fraction of sp³-hybridized carbons (Fsp3) is 0.529. The Hall–Kier alpha value is -1.26. The lowest BCUT2D eigenvalue weighted by molar-refractivity contribution is 0.596. The summed E-state index contributed by atoms with van der Waals surface area (Å²) in [7, 11) is 0. The number of aromatic nitrogens is 2. The van der Waals surface area contributed by atoms with Crippen LogP contribution in [0, 0.1) is 13.8 Å². The normalized spacial score (nSPS) is 12.9. The predicted molar refractivity (Wildman–Crippen MR) is 90.1 cm³/mol. The zero-order chi connectivity index (χ0) is 15.4. The van der Waals surface area contributed by atoms with Gasteiger partial charge in [0.2, 0.25) is 0 Å². The van der Waals surface area contributed by atoms with Crippen LogP contribution in [-0.2, 0) is 0 Å². The second-order valence-corrected chi connectivity index (χ2v) is 6.77. The minimum atomic E-state index is 0.195. The molecule has 0 aliphatic carbocycles. The molecule has 2 aromatic rings. The molecule has 0 saturated carbocycles. The summed E-state index contributed by atoms with van der Waals surface area (Å²) in [6.45, 7) is 11.9. The first-order chi connectivity index (χ1) is 10.0. The summed E-state index contributed by atoms with van der Waals surface area (Å²) in [5.41, 5.74) is 5.04. The molecule has 1 atom stereocenters. The molecule has 1 N–H and O–H groups in total. The van der Waals surface area contributed by atoms with Crippen LogP contribution in [0.3, 0.4) is 0 Å². The van der Waals surface area contributed by atoms with Crippen molar-refractivity contribution in [1.29, 1.82) is 0 Å². The molecule has 2 rings (SSSR count). The number of nitrogens with one attached hydrogen (secondary N) is 1. The Morgan fingerprint density at radius 1 is 1.14 bits per heavy atom. The molecule has 4 heteroatoms. The van der Waals surface area contributed by atoms with Crippen LogP contribution in [0.25, 0.3) is 0 Å². The highest BCUT2D eigenvalue weighted by atomic mass is 32.1. The van der Waals surface area contributed by atoms with Crippen LogP contribution in [0.4, 0.5) is 0 Å². The van der Waals surface area contributed by atoms with E-state index in [0.717, 1.165) is 18.7 Å². The zero-order valence-corrected chi connectivity index (χ0v) is 14.4. The maximum atomic E-state index is 4.34. The Bertz CT molecular complexity index is 569. The van der Waals surface area contributed by atoms with Crippen molar-refractivity contribution in [1.82, 2.24) is 14.9 Å². The zero-order valence-electron chi connectivity index (χ0n) is 13.6. The second kappa shape index (κ2) is 7.14. The van der Waals surface area contributed by atoms with E-state index in [4.69, 9.17) is 0 Å². The summed E-state index contributed by atoms with van der Waals surface area (Å²) >= 11 is 1.52. The van der Waals surface area contributed by atoms with E-state index >= 15 is 0 Å². The van der Waals surface area contributed by atoms with E-state index in [1.807, 2.05) is 0 Å². The fourth-order valence-electron chi connectivity index (χ4n) is 2.63. The summed E-state index contributed by atoms with van der Waals surface area (Å²) in [4.78, 5) is 1.25. The monoisotopic (exact) mass is 303 g/mol. The van der Waals surface area contributed by atoms with E-state index in [1.165, 1.54) is 33.1 Å². The fourth-order valence-corrected chi connectivity index (χ4v) is 3.54. The first-order valence-electron chi connectivity index (χ1n) is 7.66. The van der Waals surface area contributed by atoms with Gasteiger partial charge < -0.3 is 5.32 Å². The molecule has 0 fully saturated rings. The van der Waals surface area contributed by atoms with Gasteiger partial charge in [-0.25, -0.2) is 0 Å². The Labute approximate surface area is 132 Å².